The van der Waals surface area contributed by atoms with E-state index in [1.807, 2.05) is 139 Å². The van der Waals surface area contributed by atoms with Gasteiger partial charge in [0.25, 0.3) is 35.9 Å². The minimum absolute atomic E-state index is 0.0314. The van der Waals surface area contributed by atoms with E-state index in [2.05, 4.69) is 60.3 Å². The van der Waals surface area contributed by atoms with Gasteiger partial charge in [0, 0.05) is 103 Å². The third kappa shape index (κ3) is 26.9. The molecule has 0 aliphatic heterocycles. The van der Waals surface area contributed by atoms with E-state index in [-0.39, 0.29) is 71.2 Å². The molecule has 7 heterocycles. The first-order valence-corrected chi connectivity index (χ1v) is 36.3. The number of halogens is 4. The van der Waals surface area contributed by atoms with E-state index in [4.69, 9.17) is 106 Å². The molecule has 113 heavy (non-hydrogen) atoms. The Kier molecular flexibility index (Phi) is 31.5. The maximum absolute atomic E-state index is 12.4. The number of pyridine rings is 2. The zero-order valence-corrected chi connectivity index (χ0v) is 66.1. The zero-order chi connectivity index (χ0) is 81.1. The Morgan fingerprint density at radius 3 is 1.12 bits per heavy atom. The molecule has 0 saturated carbocycles. The number of nitrogen functional groups attached to an aromatic ring is 4. The molecule has 0 unspecified atom stereocenters. The molecular weight excluding hydrogens is 1530 g/mol. The lowest BCUT2D eigenvalue weighted by Gasteiger charge is -2.12. The van der Waals surface area contributed by atoms with E-state index < -0.39 is 11.8 Å². The maximum atomic E-state index is 12.4. The number of carbonyl (C=O) groups is 4. The summed E-state index contributed by atoms with van der Waals surface area (Å²) in [6, 6.07) is 37.0. The van der Waals surface area contributed by atoms with Crippen molar-refractivity contribution in [2.75, 3.05) is 143 Å². The third-order valence-electron chi connectivity index (χ3n) is 16.0. The Balaban J connectivity index is 0.000000173. The van der Waals surface area contributed by atoms with Crippen molar-refractivity contribution < 1.29 is 55.8 Å². The van der Waals surface area contributed by atoms with E-state index in [0.717, 1.165) is 88.4 Å². The number of nitrogens with two attached hydrogens (primary N) is 4. The molecule has 10 N–H and O–H groups in total. The van der Waals surface area contributed by atoms with Gasteiger partial charge in [-0.3, -0.25) is 19.2 Å². The van der Waals surface area contributed by atoms with Crippen molar-refractivity contribution in [3.63, 3.8) is 0 Å². The molecule has 0 fully saturated rings. The van der Waals surface area contributed by atoms with Crippen LogP contribution in [0.15, 0.2) is 189 Å². The number of anilines is 6. The summed E-state index contributed by atoms with van der Waals surface area (Å²) in [5, 5.41) is 7.18. The maximum Gasteiger partial charge on any atom is 0.316 e. The number of amides is 2. The van der Waals surface area contributed by atoms with Gasteiger partial charge in [0.15, 0.2) is 23.0 Å². The van der Waals surface area contributed by atoms with Crippen LogP contribution in [0.3, 0.4) is 0 Å². The Bertz CT molecular complexity index is 4730. The predicted octanol–water partition coefficient (Wildman–Crippen LogP) is 13.4. The average Bonchev–Trinajstić information content (AvgIpc) is 1.65. The van der Waals surface area contributed by atoms with Crippen LogP contribution in [-0.4, -0.2) is 192 Å². The summed E-state index contributed by atoms with van der Waals surface area (Å²) < 4.78 is 41.9. The summed E-state index contributed by atoms with van der Waals surface area (Å²) >= 11 is 25.0. The highest BCUT2D eigenvalue weighted by Gasteiger charge is 2.20. The molecule has 30 nitrogen and oxygen atoms in total. The topological polar surface area (TPSA) is 402 Å². The summed E-state index contributed by atoms with van der Waals surface area (Å²) in [7, 11) is 16.0. The number of oxazole rings is 4. The predicted molar refractivity (Wildman–Crippen MR) is 435 cm³/mol. The van der Waals surface area contributed by atoms with Crippen LogP contribution >= 0.6 is 46.4 Å². The molecule has 0 spiro atoms. The van der Waals surface area contributed by atoms with Crippen molar-refractivity contribution >= 4 is 105 Å². The van der Waals surface area contributed by atoms with E-state index >= 15 is 0 Å². The molecule has 0 aliphatic rings. The van der Waals surface area contributed by atoms with Crippen molar-refractivity contribution in [2.24, 2.45) is 0 Å². The van der Waals surface area contributed by atoms with E-state index in [1.165, 1.54) is 25.1 Å². The van der Waals surface area contributed by atoms with Crippen molar-refractivity contribution in [1.29, 1.82) is 0 Å². The quantitative estimate of drug-likeness (QED) is 0.0174. The summed E-state index contributed by atoms with van der Waals surface area (Å²) in [6.45, 7) is 5.69. The molecule has 0 bridgehead atoms. The van der Waals surface area contributed by atoms with Crippen molar-refractivity contribution in [3.8, 4) is 68.0 Å². The highest BCUT2D eigenvalue weighted by molar-refractivity contribution is 6.35. The third-order valence-corrected chi connectivity index (χ3v) is 17.4. The fourth-order valence-electron chi connectivity index (χ4n) is 10.0. The number of carbonyl (C=O) groups excluding carboxylic acids is 4. The zero-order valence-electron chi connectivity index (χ0n) is 63.0. The largest absolute Gasteiger partial charge is 0.492 e. The van der Waals surface area contributed by atoms with Gasteiger partial charge in [-0.05, 0) is 175 Å². The molecule has 2 amide bonds. The SMILES string of the molecule is CN(C)CCCOc1ccc(-c2ccc(Cl)c(CC(=O)c3coc(N)n3)c2)cn1.CN(C)CCOc1ccc(-c2ccc(Cl)c(CC(=O)c3coc(N)n3)c2)cc1.CN(C)CCOc1ccc(-c2ccc(Cl)c(NC(=O)c3coc(N)n3)c2)cn1.CN(C)CCOc1ncc(-c2ccc(Cl)c(NC(=O)c3coc(N)n3)c2)cn1. The molecule has 0 atom stereocenters. The molecule has 0 saturated heterocycles. The van der Waals surface area contributed by atoms with Gasteiger partial charge in [0.2, 0.25) is 11.8 Å². The Hall–Kier alpha value is -12.0. The van der Waals surface area contributed by atoms with Gasteiger partial charge >= 0.3 is 6.01 Å². The normalized spacial score (nSPS) is 10.9. The standard InChI is InChI=1S/C21H23ClN4O3.C21H22ClN3O3.C19H20ClN5O3.C18H19ClN6O3/c1-26(2)8-3-9-28-20-7-5-15(12-24-20)14-4-6-17(22)16(10-14)11-19(27)18-13-29-21(23)25-18;1-25(2)9-10-27-17-6-3-14(4-7-17)15-5-8-18(22)16(11-15)12-20(26)19-13-28-21(23)24-19;1-25(2)7-8-27-17-6-4-13(10-22-17)12-3-5-14(20)15(9-12)23-18(26)16-11-28-19(21)24-16;1-25(2)5-6-27-18-21-8-12(9-22-18)11-3-4-13(19)14(7-11)23-16(26)15-10-28-17(20)24-15/h4-7,10,12-13H,3,8-9,11H2,1-2H3,(H2,23,25);3-8,11,13H,9-10,12H2,1-2H3,(H2,23,24);3-6,9-11H,7-8H2,1-2H3,(H2,21,24)(H,23,26);3-4,7-10H,5-6H2,1-2H3,(H2,20,24)(H,23,26). The second kappa shape index (κ2) is 41.9. The fraction of sp³-hybridized carbons (Fsp3) is 0.241. The number of nitrogens with one attached hydrogen (secondary N) is 2. The lowest BCUT2D eigenvalue weighted by molar-refractivity contribution is 0.0980. The minimum Gasteiger partial charge on any atom is -0.492 e. The average molecular weight is 1620 g/mol. The lowest BCUT2D eigenvalue weighted by atomic mass is 10.00. The number of ketones is 2. The van der Waals surface area contributed by atoms with Crippen LogP contribution in [0.1, 0.15) is 59.5 Å². The number of hydrogen-bond acceptors (Lipinski definition) is 28. The number of aromatic nitrogens is 8. The molecule has 0 radical (unpaired) electrons. The Labute approximate surface area is 671 Å². The van der Waals surface area contributed by atoms with Gasteiger partial charge < -0.3 is 89.8 Å². The molecule has 34 heteroatoms. The van der Waals surface area contributed by atoms with E-state index in [1.54, 1.807) is 73.3 Å². The summed E-state index contributed by atoms with van der Waals surface area (Å²) in [5.74, 6) is 0.576. The molecule has 0 aliphatic carbocycles. The van der Waals surface area contributed by atoms with Crippen molar-refractivity contribution in [2.45, 2.75) is 19.3 Å². The van der Waals surface area contributed by atoms with Gasteiger partial charge in [0.1, 0.15) is 62.0 Å². The minimum atomic E-state index is -0.486. The number of ether oxygens (including phenoxy) is 4. The number of Topliss-reactive ketones (excluding diaryl/α,β-unsaturated/α-hetero) is 2. The lowest BCUT2D eigenvalue weighted by Crippen LogP contribution is -2.19. The van der Waals surface area contributed by atoms with Gasteiger partial charge in [0.05, 0.1) is 28.0 Å². The fourth-order valence-corrected chi connectivity index (χ4v) is 10.7. The highest BCUT2D eigenvalue weighted by Crippen LogP contribution is 2.34. The van der Waals surface area contributed by atoms with Gasteiger partial charge in [-0.1, -0.05) is 82.8 Å². The summed E-state index contributed by atoms with van der Waals surface area (Å²) in [4.78, 5) is 89.8. The van der Waals surface area contributed by atoms with Crippen LogP contribution in [-0.2, 0) is 12.8 Å². The first-order chi connectivity index (χ1) is 54.2. The number of rotatable bonds is 31. The molecule has 7 aromatic heterocycles. The highest BCUT2D eigenvalue weighted by atomic mass is 35.5. The molecule has 12 rings (SSSR count). The Morgan fingerprint density at radius 2 is 0.717 bits per heavy atom. The van der Waals surface area contributed by atoms with E-state index in [9.17, 15) is 19.2 Å². The number of benzene rings is 5. The van der Waals surface area contributed by atoms with Crippen molar-refractivity contribution in [1.82, 2.24) is 59.5 Å². The monoisotopic (exact) mass is 1620 g/mol. The molecule has 590 valence electrons. The van der Waals surface area contributed by atoms with Crippen LogP contribution < -0.4 is 52.5 Å². The smallest absolute Gasteiger partial charge is 0.316 e. The molecule has 5 aromatic carbocycles. The second-order valence-corrected chi connectivity index (χ2v) is 27.5. The molecule has 12 aromatic rings. The van der Waals surface area contributed by atoms with Gasteiger partial charge in [-0.2, -0.15) is 19.9 Å². The van der Waals surface area contributed by atoms with Crippen LogP contribution in [0.25, 0.3) is 44.5 Å². The van der Waals surface area contributed by atoms with Crippen LogP contribution in [0, 0.1) is 0 Å². The summed E-state index contributed by atoms with van der Waals surface area (Å²) in [5.41, 5.74) is 31.4. The van der Waals surface area contributed by atoms with Crippen LogP contribution in [0.4, 0.5) is 35.4 Å². The van der Waals surface area contributed by atoms with Crippen LogP contribution in [0.2, 0.25) is 20.1 Å². The van der Waals surface area contributed by atoms with Crippen molar-refractivity contribution in [3.05, 3.63) is 225 Å². The van der Waals surface area contributed by atoms with Gasteiger partial charge in [-0.15, -0.1) is 0 Å². The van der Waals surface area contributed by atoms with E-state index in [0.29, 0.717) is 81.2 Å². The second-order valence-electron chi connectivity index (χ2n) is 25.9. The first kappa shape index (κ1) is 85.0. The number of likely N-dealkylation sites (N-methyl/N-ethyl adjacent to an activating group) is 3. The number of nitrogens with zero attached hydrogens (tertiary/aromatic N) is 12. The first-order valence-electron chi connectivity index (χ1n) is 34.8. The summed E-state index contributed by atoms with van der Waals surface area (Å²) in [6.07, 6.45) is 12.7. The van der Waals surface area contributed by atoms with Crippen LogP contribution in [0.5, 0.6) is 23.5 Å². The molecular formula is C79H84Cl4N18O12. The Morgan fingerprint density at radius 1 is 0.372 bits per heavy atom. The number of hydrogen-bond donors (Lipinski definition) is 6. The van der Waals surface area contributed by atoms with Gasteiger partial charge in [-0.25, -0.2) is 19.9 Å².